The maximum absolute atomic E-state index is 11.6. The van der Waals surface area contributed by atoms with Crippen LogP contribution in [-0.4, -0.2) is 19.6 Å². The van der Waals surface area contributed by atoms with Crippen molar-refractivity contribution in [1.82, 2.24) is 5.43 Å². The zero-order chi connectivity index (χ0) is 14.2. The predicted molar refractivity (Wildman–Crippen MR) is 79.1 cm³/mol. The van der Waals surface area contributed by atoms with Crippen molar-refractivity contribution in [2.45, 2.75) is 6.61 Å². The van der Waals surface area contributed by atoms with Gasteiger partial charge >= 0.3 is 5.97 Å². The Morgan fingerprint density at radius 2 is 1.65 bits per heavy atom. The Labute approximate surface area is 119 Å². The van der Waals surface area contributed by atoms with E-state index in [0.29, 0.717) is 6.61 Å². The van der Waals surface area contributed by atoms with E-state index in [1.807, 2.05) is 67.7 Å². The van der Waals surface area contributed by atoms with Crippen molar-refractivity contribution in [3.05, 3.63) is 66.2 Å². The number of hydrazine groups is 1. The van der Waals surface area contributed by atoms with Crippen molar-refractivity contribution >= 4 is 11.7 Å². The number of rotatable bonds is 6. The number of hydrogen-bond acceptors (Lipinski definition) is 4. The van der Waals surface area contributed by atoms with Gasteiger partial charge in [0.1, 0.15) is 13.2 Å². The standard InChI is InChI=1S/C16H18N2O2/c1-18(15-10-6-3-7-11-15)17-12-16(19)20-13-14-8-4-2-5-9-14/h2-11,17H,12-13H2,1H3. The van der Waals surface area contributed by atoms with E-state index < -0.39 is 0 Å². The number of esters is 1. The number of benzene rings is 2. The smallest absolute Gasteiger partial charge is 0.322 e. The lowest BCUT2D eigenvalue weighted by molar-refractivity contribution is -0.143. The van der Waals surface area contributed by atoms with Crippen LogP contribution in [0.5, 0.6) is 0 Å². The summed E-state index contributed by atoms with van der Waals surface area (Å²) in [6.45, 7) is 0.439. The maximum Gasteiger partial charge on any atom is 0.322 e. The van der Waals surface area contributed by atoms with Crippen molar-refractivity contribution in [3.8, 4) is 0 Å². The lowest BCUT2D eigenvalue weighted by Crippen LogP contribution is -2.38. The molecule has 0 radical (unpaired) electrons. The number of carbonyl (C=O) groups excluding carboxylic acids is 1. The Morgan fingerprint density at radius 3 is 2.30 bits per heavy atom. The molecule has 0 atom stereocenters. The molecule has 0 saturated carbocycles. The first-order valence-electron chi connectivity index (χ1n) is 6.47. The Kier molecular flexibility index (Phi) is 5.15. The minimum Gasteiger partial charge on any atom is -0.460 e. The number of para-hydroxylation sites is 1. The highest BCUT2D eigenvalue weighted by molar-refractivity contribution is 5.72. The summed E-state index contributed by atoms with van der Waals surface area (Å²) in [5.74, 6) is -0.281. The van der Waals surface area contributed by atoms with Crippen molar-refractivity contribution < 1.29 is 9.53 Å². The normalized spacial score (nSPS) is 10.1. The largest absolute Gasteiger partial charge is 0.460 e. The molecule has 2 aromatic carbocycles. The van der Waals surface area contributed by atoms with E-state index in [2.05, 4.69) is 5.43 Å². The Morgan fingerprint density at radius 1 is 1.05 bits per heavy atom. The number of ether oxygens (including phenoxy) is 1. The highest BCUT2D eigenvalue weighted by atomic mass is 16.5. The van der Waals surface area contributed by atoms with Crippen LogP contribution in [0.3, 0.4) is 0 Å². The van der Waals surface area contributed by atoms with Crippen LogP contribution in [-0.2, 0) is 16.1 Å². The fourth-order valence-corrected chi connectivity index (χ4v) is 1.72. The first kappa shape index (κ1) is 14.1. The fourth-order valence-electron chi connectivity index (χ4n) is 1.72. The second-order valence-electron chi connectivity index (χ2n) is 4.38. The second kappa shape index (κ2) is 7.31. The molecule has 0 amide bonds. The second-order valence-corrected chi connectivity index (χ2v) is 4.38. The monoisotopic (exact) mass is 270 g/mol. The van der Waals surface area contributed by atoms with Crippen molar-refractivity contribution in [2.75, 3.05) is 18.6 Å². The average molecular weight is 270 g/mol. The van der Waals surface area contributed by atoms with Gasteiger partial charge in [0.15, 0.2) is 0 Å². The van der Waals surface area contributed by atoms with E-state index >= 15 is 0 Å². The van der Waals surface area contributed by atoms with E-state index in [1.165, 1.54) is 0 Å². The molecule has 20 heavy (non-hydrogen) atoms. The molecule has 0 heterocycles. The van der Waals surface area contributed by atoms with Gasteiger partial charge in [0.25, 0.3) is 0 Å². The molecule has 0 aliphatic carbocycles. The summed E-state index contributed by atoms with van der Waals surface area (Å²) >= 11 is 0. The predicted octanol–water partition coefficient (Wildman–Crippen LogP) is 2.37. The van der Waals surface area contributed by atoms with Crippen LogP contribution >= 0.6 is 0 Å². The Bertz CT molecular complexity index is 529. The van der Waals surface area contributed by atoms with Crippen LogP contribution in [0.25, 0.3) is 0 Å². The molecule has 0 bridgehead atoms. The molecule has 0 spiro atoms. The van der Waals surface area contributed by atoms with Crippen molar-refractivity contribution in [2.24, 2.45) is 0 Å². The molecule has 0 aliphatic heterocycles. The van der Waals surface area contributed by atoms with Crippen molar-refractivity contribution in [1.29, 1.82) is 0 Å². The van der Waals surface area contributed by atoms with Gasteiger partial charge in [-0.3, -0.25) is 4.79 Å². The zero-order valence-electron chi connectivity index (χ0n) is 11.5. The third-order valence-electron chi connectivity index (χ3n) is 2.85. The lowest BCUT2D eigenvalue weighted by Gasteiger charge is -2.19. The molecule has 4 heteroatoms. The van der Waals surface area contributed by atoms with Crippen molar-refractivity contribution in [3.63, 3.8) is 0 Å². The molecule has 0 saturated heterocycles. The van der Waals surface area contributed by atoms with E-state index in [1.54, 1.807) is 5.01 Å². The molecule has 4 nitrogen and oxygen atoms in total. The molecule has 0 aliphatic rings. The molecular formula is C16H18N2O2. The van der Waals surface area contributed by atoms with Crippen LogP contribution in [0.4, 0.5) is 5.69 Å². The van der Waals surface area contributed by atoms with E-state index in [0.717, 1.165) is 11.3 Å². The van der Waals surface area contributed by atoms with Gasteiger partial charge in [0.2, 0.25) is 0 Å². The highest BCUT2D eigenvalue weighted by Gasteiger charge is 2.05. The lowest BCUT2D eigenvalue weighted by atomic mass is 10.2. The van der Waals surface area contributed by atoms with E-state index in [4.69, 9.17) is 4.74 Å². The van der Waals surface area contributed by atoms with Gasteiger partial charge in [-0.15, -0.1) is 0 Å². The molecule has 2 aromatic rings. The fraction of sp³-hybridized carbons (Fsp3) is 0.188. The molecule has 2 rings (SSSR count). The summed E-state index contributed by atoms with van der Waals surface area (Å²) in [7, 11) is 1.86. The number of carbonyl (C=O) groups is 1. The summed E-state index contributed by atoms with van der Waals surface area (Å²) in [6.07, 6.45) is 0. The summed E-state index contributed by atoms with van der Waals surface area (Å²) in [4.78, 5) is 11.6. The van der Waals surface area contributed by atoms with Crippen LogP contribution < -0.4 is 10.4 Å². The number of anilines is 1. The van der Waals surface area contributed by atoms with Gasteiger partial charge in [-0.25, -0.2) is 5.43 Å². The van der Waals surface area contributed by atoms with E-state index in [-0.39, 0.29) is 12.5 Å². The number of hydrogen-bond donors (Lipinski definition) is 1. The average Bonchev–Trinajstić information content (AvgIpc) is 2.52. The quantitative estimate of drug-likeness (QED) is 0.646. The molecule has 104 valence electrons. The van der Waals surface area contributed by atoms with Gasteiger partial charge in [-0.2, -0.15) is 0 Å². The summed E-state index contributed by atoms with van der Waals surface area (Å²) in [6, 6.07) is 19.4. The number of nitrogens with zero attached hydrogens (tertiary/aromatic N) is 1. The van der Waals surface area contributed by atoms with Crippen LogP contribution in [0.15, 0.2) is 60.7 Å². The SMILES string of the molecule is CN(NCC(=O)OCc1ccccc1)c1ccccc1. The molecule has 0 aromatic heterocycles. The molecule has 0 fully saturated rings. The minimum absolute atomic E-state index is 0.137. The van der Waals surface area contributed by atoms with E-state index in [9.17, 15) is 4.79 Å². The summed E-state index contributed by atoms with van der Waals surface area (Å²) in [5, 5.41) is 1.80. The summed E-state index contributed by atoms with van der Waals surface area (Å²) in [5.41, 5.74) is 4.97. The van der Waals surface area contributed by atoms with Gasteiger partial charge < -0.3 is 9.75 Å². The molecule has 1 N–H and O–H groups in total. The molecular weight excluding hydrogens is 252 g/mol. The zero-order valence-corrected chi connectivity index (χ0v) is 11.5. The Balaban J connectivity index is 1.73. The molecule has 0 unspecified atom stereocenters. The Hall–Kier alpha value is -2.33. The van der Waals surface area contributed by atoms with Gasteiger partial charge in [-0.05, 0) is 17.7 Å². The topological polar surface area (TPSA) is 41.6 Å². The third-order valence-corrected chi connectivity index (χ3v) is 2.85. The van der Waals surface area contributed by atoms with Crippen LogP contribution in [0.1, 0.15) is 5.56 Å². The maximum atomic E-state index is 11.6. The first-order chi connectivity index (χ1) is 9.75. The van der Waals surface area contributed by atoms with Crippen LogP contribution in [0, 0.1) is 0 Å². The minimum atomic E-state index is -0.281. The van der Waals surface area contributed by atoms with Gasteiger partial charge in [0, 0.05) is 7.05 Å². The highest BCUT2D eigenvalue weighted by Crippen LogP contribution is 2.08. The number of nitrogens with one attached hydrogen (secondary N) is 1. The van der Waals surface area contributed by atoms with Crippen LogP contribution in [0.2, 0.25) is 0 Å². The van der Waals surface area contributed by atoms with Gasteiger partial charge in [0.05, 0.1) is 5.69 Å². The van der Waals surface area contributed by atoms with Gasteiger partial charge in [-0.1, -0.05) is 48.5 Å². The third kappa shape index (κ3) is 4.40. The first-order valence-corrected chi connectivity index (χ1v) is 6.47. The summed E-state index contributed by atoms with van der Waals surface area (Å²) < 4.78 is 5.19.